The van der Waals surface area contributed by atoms with E-state index in [1.165, 1.54) is 7.05 Å². The van der Waals surface area contributed by atoms with Crippen LogP contribution in [0, 0.1) is 0 Å². The molecule has 0 rings (SSSR count). The largest absolute Gasteiger partial charge is 0.395 e. The molecule has 0 aromatic carbocycles. The second kappa shape index (κ2) is 10.2. The molecule has 0 saturated carbocycles. The van der Waals surface area contributed by atoms with Crippen molar-refractivity contribution in [3.8, 4) is 0 Å². The van der Waals surface area contributed by atoms with Crippen LogP contribution in [0.15, 0.2) is 0 Å². The molecule has 0 aliphatic heterocycles. The van der Waals surface area contributed by atoms with Gasteiger partial charge in [-0.25, -0.2) is 0 Å². The standard InChI is InChI=1S/C8H20O2Si.CH5N/c1-5-8-11(4,9-6-2)10-7-3;1-2/h5-8H2,1-4H3;2H2,1H3. The Bertz CT molecular complexity index is 84.6. The van der Waals surface area contributed by atoms with E-state index in [4.69, 9.17) is 8.85 Å². The van der Waals surface area contributed by atoms with Gasteiger partial charge in [-0.3, -0.25) is 0 Å². The lowest BCUT2D eigenvalue weighted by atomic mass is 10.6. The number of rotatable bonds is 6. The third-order valence-corrected chi connectivity index (χ3v) is 4.81. The van der Waals surface area contributed by atoms with E-state index in [9.17, 15) is 0 Å². The van der Waals surface area contributed by atoms with E-state index >= 15 is 0 Å². The predicted octanol–water partition coefficient (Wildman–Crippen LogP) is 2.12. The predicted molar refractivity (Wildman–Crippen MR) is 60.1 cm³/mol. The summed E-state index contributed by atoms with van der Waals surface area (Å²) in [6.45, 7) is 9.93. The molecule has 0 unspecified atom stereocenters. The Morgan fingerprint density at radius 1 is 1.00 bits per heavy atom. The molecule has 0 aromatic rings. The lowest BCUT2D eigenvalue weighted by molar-refractivity contribution is 0.189. The second-order valence-electron chi connectivity index (χ2n) is 2.75. The van der Waals surface area contributed by atoms with E-state index in [-0.39, 0.29) is 0 Å². The fraction of sp³-hybridized carbons (Fsp3) is 1.00. The Morgan fingerprint density at radius 2 is 1.38 bits per heavy atom. The summed E-state index contributed by atoms with van der Waals surface area (Å²) in [5, 5.41) is 0. The molecule has 0 aliphatic carbocycles. The van der Waals surface area contributed by atoms with Gasteiger partial charge in [-0.05, 0) is 33.5 Å². The minimum Gasteiger partial charge on any atom is -0.395 e. The molecule has 0 spiro atoms. The van der Waals surface area contributed by atoms with E-state index in [1.807, 2.05) is 13.8 Å². The van der Waals surface area contributed by atoms with Gasteiger partial charge in [0.25, 0.3) is 0 Å². The third-order valence-electron chi connectivity index (χ3n) is 1.60. The van der Waals surface area contributed by atoms with Crippen molar-refractivity contribution in [1.29, 1.82) is 0 Å². The first kappa shape index (κ1) is 15.6. The topological polar surface area (TPSA) is 44.5 Å². The summed E-state index contributed by atoms with van der Waals surface area (Å²) in [7, 11) is -0.249. The van der Waals surface area contributed by atoms with Crippen LogP contribution >= 0.6 is 0 Å². The van der Waals surface area contributed by atoms with Gasteiger partial charge in [0.2, 0.25) is 0 Å². The minimum atomic E-state index is -1.75. The molecule has 0 bridgehead atoms. The summed E-state index contributed by atoms with van der Waals surface area (Å²) in [5.74, 6) is 0. The maximum absolute atomic E-state index is 5.63. The van der Waals surface area contributed by atoms with Crippen LogP contribution in [0.1, 0.15) is 27.2 Å². The van der Waals surface area contributed by atoms with Crippen molar-refractivity contribution in [3.05, 3.63) is 0 Å². The zero-order chi connectivity index (χ0) is 10.7. The molecule has 0 radical (unpaired) electrons. The molecule has 0 atom stereocenters. The van der Waals surface area contributed by atoms with Crippen molar-refractivity contribution in [3.63, 3.8) is 0 Å². The Kier molecular flexibility index (Phi) is 12.2. The summed E-state index contributed by atoms with van der Waals surface area (Å²) in [4.78, 5) is 0. The van der Waals surface area contributed by atoms with E-state index < -0.39 is 8.56 Å². The Labute approximate surface area is 83.9 Å². The van der Waals surface area contributed by atoms with E-state index in [1.54, 1.807) is 0 Å². The van der Waals surface area contributed by atoms with Crippen LogP contribution in [0.2, 0.25) is 12.6 Å². The summed E-state index contributed by atoms with van der Waals surface area (Å²) >= 11 is 0. The lowest BCUT2D eigenvalue weighted by Gasteiger charge is -2.25. The molecule has 82 valence electrons. The zero-order valence-electron chi connectivity index (χ0n) is 9.72. The van der Waals surface area contributed by atoms with Gasteiger partial charge in [-0.1, -0.05) is 13.3 Å². The molecular weight excluding hydrogens is 182 g/mol. The first-order chi connectivity index (χ1) is 6.18. The van der Waals surface area contributed by atoms with Gasteiger partial charge in [0.05, 0.1) is 0 Å². The quantitative estimate of drug-likeness (QED) is 0.679. The van der Waals surface area contributed by atoms with Crippen molar-refractivity contribution in [2.75, 3.05) is 20.3 Å². The molecule has 0 amide bonds. The van der Waals surface area contributed by atoms with E-state index in [2.05, 4.69) is 19.2 Å². The van der Waals surface area contributed by atoms with E-state index in [0.29, 0.717) is 0 Å². The van der Waals surface area contributed by atoms with Gasteiger partial charge in [0, 0.05) is 13.2 Å². The summed E-state index contributed by atoms with van der Waals surface area (Å²) in [6, 6.07) is 1.11. The monoisotopic (exact) mass is 207 g/mol. The summed E-state index contributed by atoms with van der Waals surface area (Å²) < 4.78 is 11.3. The number of nitrogens with two attached hydrogens (primary N) is 1. The molecule has 0 fully saturated rings. The molecule has 13 heavy (non-hydrogen) atoms. The highest BCUT2D eigenvalue weighted by Gasteiger charge is 2.28. The number of hydrogen-bond donors (Lipinski definition) is 1. The van der Waals surface area contributed by atoms with Gasteiger partial charge in [0.15, 0.2) is 0 Å². The molecule has 0 aliphatic rings. The van der Waals surface area contributed by atoms with Gasteiger partial charge in [-0.2, -0.15) is 0 Å². The van der Waals surface area contributed by atoms with Crippen LogP contribution in [0.3, 0.4) is 0 Å². The second-order valence-corrected chi connectivity index (χ2v) is 6.09. The molecule has 0 saturated heterocycles. The molecule has 2 N–H and O–H groups in total. The van der Waals surface area contributed by atoms with Crippen LogP contribution in [0.25, 0.3) is 0 Å². The number of hydrogen-bond acceptors (Lipinski definition) is 3. The average Bonchev–Trinajstić information content (AvgIpc) is 2.09. The zero-order valence-corrected chi connectivity index (χ0v) is 10.7. The van der Waals surface area contributed by atoms with Crippen LogP contribution in [-0.4, -0.2) is 28.8 Å². The lowest BCUT2D eigenvalue weighted by Crippen LogP contribution is -2.38. The van der Waals surface area contributed by atoms with Crippen molar-refractivity contribution < 1.29 is 8.85 Å². The minimum absolute atomic E-state index is 0.780. The first-order valence-corrected chi connectivity index (χ1v) is 7.56. The fourth-order valence-electron chi connectivity index (χ4n) is 1.25. The Hall–Kier alpha value is 0.0969. The maximum atomic E-state index is 5.63. The normalized spacial score (nSPS) is 10.6. The van der Waals surface area contributed by atoms with Crippen LogP contribution in [0.5, 0.6) is 0 Å². The van der Waals surface area contributed by atoms with Gasteiger partial charge >= 0.3 is 8.56 Å². The average molecular weight is 207 g/mol. The van der Waals surface area contributed by atoms with Crippen LogP contribution < -0.4 is 5.73 Å². The van der Waals surface area contributed by atoms with Gasteiger partial charge in [-0.15, -0.1) is 0 Å². The maximum Gasteiger partial charge on any atom is 0.334 e. The molecule has 0 aromatic heterocycles. The molecule has 4 heteroatoms. The summed E-state index contributed by atoms with van der Waals surface area (Å²) in [6.07, 6.45) is 1.16. The Morgan fingerprint density at radius 3 is 1.62 bits per heavy atom. The fourth-order valence-corrected chi connectivity index (χ4v) is 3.75. The third kappa shape index (κ3) is 8.43. The van der Waals surface area contributed by atoms with Gasteiger partial charge < -0.3 is 14.6 Å². The first-order valence-electron chi connectivity index (χ1n) is 5.04. The van der Waals surface area contributed by atoms with Crippen molar-refractivity contribution >= 4 is 8.56 Å². The highest BCUT2D eigenvalue weighted by atomic mass is 28.4. The Balaban J connectivity index is 0. The smallest absolute Gasteiger partial charge is 0.334 e. The van der Waals surface area contributed by atoms with Crippen LogP contribution in [-0.2, 0) is 8.85 Å². The van der Waals surface area contributed by atoms with Crippen molar-refractivity contribution in [1.82, 2.24) is 0 Å². The van der Waals surface area contributed by atoms with Gasteiger partial charge in [0.1, 0.15) is 0 Å². The van der Waals surface area contributed by atoms with Crippen LogP contribution in [0.4, 0.5) is 0 Å². The highest BCUT2D eigenvalue weighted by molar-refractivity contribution is 6.66. The molecule has 3 nitrogen and oxygen atoms in total. The van der Waals surface area contributed by atoms with E-state index in [0.717, 1.165) is 25.7 Å². The van der Waals surface area contributed by atoms with Crippen molar-refractivity contribution in [2.24, 2.45) is 5.73 Å². The van der Waals surface area contributed by atoms with Crippen molar-refractivity contribution in [2.45, 2.75) is 39.8 Å². The highest BCUT2D eigenvalue weighted by Crippen LogP contribution is 2.14. The SMILES string of the molecule is CCC[Si](C)(OCC)OCC.CN. The summed E-state index contributed by atoms with van der Waals surface area (Å²) in [5.41, 5.74) is 4.50. The molecular formula is C9H25NO2Si. The molecule has 0 heterocycles.